The second-order valence-corrected chi connectivity index (χ2v) is 3.79. The Balaban J connectivity index is 0.00000128. The lowest BCUT2D eigenvalue weighted by Gasteiger charge is -2.03. The zero-order valence-electron chi connectivity index (χ0n) is 8.62. The molecule has 0 atom stereocenters. The molecule has 0 aliphatic rings. The van der Waals surface area contributed by atoms with Gasteiger partial charge in [-0.2, -0.15) is 0 Å². The molecule has 3 nitrogen and oxygen atoms in total. The van der Waals surface area contributed by atoms with Gasteiger partial charge in [0.25, 0.3) is 0 Å². The molecule has 0 saturated heterocycles. The topological polar surface area (TPSA) is 56.2 Å². The molecule has 0 unspecified atom stereocenters. The van der Waals surface area contributed by atoms with E-state index in [-0.39, 0.29) is 24.4 Å². The Hall–Kier alpha value is -1.03. The van der Waals surface area contributed by atoms with Gasteiger partial charge in [0, 0.05) is 11.1 Å². The first-order valence-corrected chi connectivity index (χ1v) is 4.92. The van der Waals surface area contributed by atoms with Crippen LogP contribution < -0.4 is 11.2 Å². The fourth-order valence-corrected chi connectivity index (χ4v) is 1.59. The molecule has 0 amide bonds. The first kappa shape index (κ1) is 13.0. The SMILES string of the molecule is Cc1cc2oc(CN)cc(=O)c2cc1Cl.Cl. The zero-order chi connectivity index (χ0) is 11.0. The Morgan fingerprint density at radius 1 is 1.38 bits per heavy atom. The van der Waals surface area contributed by atoms with E-state index in [2.05, 4.69) is 0 Å². The van der Waals surface area contributed by atoms with Crippen LogP contribution in [-0.2, 0) is 6.54 Å². The van der Waals surface area contributed by atoms with E-state index in [1.807, 2.05) is 6.92 Å². The van der Waals surface area contributed by atoms with Crippen molar-refractivity contribution < 1.29 is 4.42 Å². The van der Waals surface area contributed by atoms with Gasteiger partial charge in [-0.25, -0.2) is 0 Å². The number of aryl methyl sites for hydroxylation is 1. The lowest BCUT2D eigenvalue weighted by molar-refractivity contribution is 0.539. The molecule has 1 heterocycles. The van der Waals surface area contributed by atoms with Gasteiger partial charge < -0.3 is 10.2 Å². The van der Waals surface area contributed by atoms with E-state index in [1.54, 1.807) is 12.1 Å². The Morgan fingerprint density at radius 3 is 2.69 bits per heavy atom. The molecule has 5 heteroatoms. The number of halogens is 2. The maximum Gasteiger partial charge on any atom is 0.193 e. The highest BCUT2D eigenvalue weighted by Gasteiger charge is 2.06. The van der Waals surface area contributed by atoms with Crippen molar-refractivity contribution in [3.05, 3.63) is 44.8 Å². The van der Waals surface area contributed by atoms with E-state index in [0.717, 1.165) is 5.56 Å². The third kappa shape index (κ3) is 2.21. The third-order valence-electron chi connectivity index (χ3n) is 2.26. The summed E-state index contributed by atoms with van der Waals surface area (Å²) < 4.78 is 5.44. The minimum atomic E-state index is -0.112. The van der Waals surface area contributed by atoms with Crippen LogP contribution in [0.5, 0.6) is 0 Å². The smallest absolute Gasteiger partial charge is 0.193 e. The summed E-state index contributed by atoms with van der Waals surface area (Å²) >= 11 is 5.93. The molecular weight excluding hydrogens is 249 g/mol. The fraction of sp³-hybridized carbons (Fsp3) is 0.182. The van der Waals surface area contributed by atoms with E-state index in [1.165, 1.54) is 6.07 Å². The van der Waals surface area contributed by atoms with Crippen LogP contribution in [0.25, 0.3) is 11.0 Å². The maximum atomic E-state index is 11.6. The van der Waals surface area contributed by atoms with Crippen LogP contribution in [0.15, 0.2) is 27.4 Å². The van der Waals surface area contributed by atoms with Crippen LogP contribution in [-0.4, -0.2) is 0 Å². The molecule has 0 spiro atoms. The predicted octanol–water partition coefficient (Wildman–Crippen LogP) is 2.64. The minimum absolute atomic E-state index is 0. The second kappa shape index (κ2) is 4.87. The molecule has 0 aliphatic carbocycles. The molecule has 0 radical (unpaired) electrons. The lowest BCUT2D eigenvalue weighted by Crippen LogP contribution is -2.05. The highest BCUT2D eigenvalue weighted by molar-refractivity contribution is 6.32. The molecule has 16 heavy (non-hydrogen) atoms. The predicted molar refractivity (Wildman–Crippen MR) is 67.4 cm³/mol. The van der Waals surface area contributed by atoms with Crippen LogP contribution in [0.2, 0.25) is 5.02 Å². The van der Waals surface area contributed by atoms with Crippen LogP contribution in [0.1, 0.15) is 11.3 Å². The number of hydrogen-bond donors (Lipinski definition) is 1. The first-order valence-electron chi connectivity index (χ1n) is 4.55. The monoisotopic (exact) mass is 259 g/mol. The highest BCUT2D eigenvalue weighted by Crippen LogP contribution is 2.21. The zero-order valence-corrected chi connectivity index (χ0v) is 10.2. The average Bonchev–Trinajstić information content (AvgIpc) is 2.21. The number of nitrogens with two attached hydrogens (primary N) is 1. The van der Waals surface area contributed by atoms with Crippen molar-refractivity contribution in [1.82, 2.24) is 0 Å². The summed E-state index contributed by atoms with van der Waals surface area (Å²) in [5.74, 6) is 0.481. The highest BCUT2D eigenvalue weighted by atomic mass is 35.5. The van der Waals surface area contributed by atoms with Crippen molar-refractivity contribution in [3.8, 4) is 0 Å². The van der Waals surface area contributed by atoms with Gasteiger partial charge in [0.1, 0.15) is 11.3 Å². The standard InChI is InChI=1S/C11H10ClNO2.ClH/c1-6-2-11-8(4-9(6)12)10(14)3-7(5-13)15-11;/h2-4H,5,13H2,1H3;1H. The summed E-state index contributed by atoms with van der Waals surface area (Å²) in [5.41, 5.74) is 6.72. The lowest BCUT2D eigenvalue weighted by atomic mass is 10.1. The summed E-state index contributed by atoms with van der Waals surface area (Å²) in [4.78, 5) is 11.6. The van der Waals surface area contributed by atoms with Gasteiger partial charge in [-0.15, -0.1) is 12.4 Å². The molecule has 2 N–H and O–H groups in total. The van der Waals surface area contributed by atoms with Crippen LogP contribution >= 0.6 is 24.0 Å². The summed E-state index contributed by atoms with van der Waals surface area (Å²) in [6.07, 6.45) is 0. The normalized spacial score (nSPS) is 10.2. The number of hydrogen-bond acceptors (Lipinski definition) is 3. The van der Waals surface area contributed by atoms with Gasteiger partial charge in [0.05, 0.1) is 11.9 Å². The van der Waals surface area contributed by atoms with E-state index in [0.29, 0.717) is 21.8 Å². The molecule has 1 aromatic heterocycles. The van der Waals surface area contributed by atoms with Crippen molar-refractivity contribution in [3.63, 3.8) is 0 Å². The van der Waals surface area contributed by atoms with E-state index in [9.17, 15) is 4.79 Å². The summed E-state index contributed by atoms with van der Waals surface area (Å²) in [6, 6.07) is 4.77. The van der Waals surface area contributed by atoms with E-state index in [4.69, 9.17) is 21.8 Å². The molecule has 0 bridgehead atoms. The molecule has 1 aromatic carbocycles. The van der Waals surface area contributed by atoms with E-state index < -0.39 is 0 Å². The first-order chi connectivity index (χ1) is 7.11. The van der Waals surface area contributed by atoms with Gasteiger partial charge >= 0.3 is 0 Å². The molecule has 0 fully saturated rings. The maximum absolute atomic E-state index is 11.6. The second-order valence-electron chi connectivity index (χ2n) is 3.38. The molecule has 2 aromatic rings. The van der Waals surface area contributed by atoms with Gasteiger partial charge in [-0.3, -0.25) is 4.79 Å². The van der Waals surface area contributed by atoms with E-state index >= 15 is 0 Å². The van der Waals surface area contributed by atoms with Crippen molar-refractivity contribution in [1.29, 1.82) is 0 Å². The Bertz CT molecular complexity index is 578. The molecule has 0 saturated carbocycles. The minimum Gasteiger partial charge on any atom is -0.459 e. The third-order valence-corrected chi connectivity index (χ3v) is 2.67. The molecular formula is C11H11Cl2NO2. The molecule has 2 rings (SSSR count). The molecule has 86 valence electrons. The van der Waals surface area contributed by atoms with Crippen LogP contribution in [0.4, 0.5) is 0 Å². The Labute approximate surface area is 104 Å². The quantitative estimate of drug-likeness (QED) is 0.857. The van der Waals surface area contributed by atoms with Crippen LogP contribution in [0, 0.1) is 6.92 Å². The van der Waals surface area contributed by atoms with Crippen molar-refractivity contribution in [2.24, 2.45) is 5.73 Å². The van der Waals surface area contributed by atoms with Gasteiger partial charge in [0.2, 0.25) is 0 Å². The fourth-order valence-electron chi connectivity index (χ4n) is 1.43. The Kier molecular flexibility index (Phi) is 3.97. The largest absolute Gasteiger partial charge is 0.459 e. The van der Waals surface area contributed by atoms with Crippen molar-refractivity contribution in [2.45, 2.75) is 13.5 Å². The number of fused-ring (bicyclic) bond motifs is 1. The van der Waals surface area contributed by atoms with Crippen molar-refractivity contribution in [2.75, 3.05) is 0 Å². The van der Waals surface area contributed by atoms with Crippen LogP contribution in [0.3, 0.4) is 0 Å². The van der Waals surface area contributed by atoms with Gasteiger partial charge in [0.15, 0.2) is 5.43 Å². The molecule has 0 aliphatic heterocycles. The Morgan fingerprint density at radius 2 is 2.06 bits per heavy atom. The summed E-state index contributed by atoms with van der Waals surface area (Å²) in [5, 5.41) is 1.05. The number of benzene rings is 1. The van der Waals surface area contributed by atoms with Crippen molar-refractivity contribution >= 4 is 35.0 Å². The average molecular weight is 260 g/mol. The van der Waals surface area contributed by atoms with Gasteiger partial charge in [-0.05, 0) is 24.6 Å². The summed E-state index contributed by atoms with van der Waals surface area (Å²) in [6.45, 7) is 2.07. The number of rotatable bonds is 1. The van der Waals surface area contributed by atoms with Gasteiger partial charge in [-0.1, -0.05) is 11.6 Å². The summed E-state index contributed by atoms with van der Waals surface area (Å²) in [7, 11) is 0.